The molecule has 0 aliphatic carbocycles. The Bertz CT molecular complexity index is 595. The van der Waals surface area contributed by atoms with Crippen LogP contribution in [-0.2, 0) is 10.0 Å². The molecule has 0 atom stereocenters. The van der Waals surface area contributed by atoms with Crippen LogP contribution >= 0.6 is 0 Å². The predicted octanol–water partition coefficient (Wildman–Crippen LogP) is 1.47. The van der Waals surface area contributed by atoms with Crippen LogP contribution < -0.4 is 4.72 Å². The molecule has 0 aromatic heterocycles. The van der Waals surface area contributed by atoms with Gasteiger partial charge in [-0.3, -0.25) is 4.79 Å². The van der Waals surface area contributed by atoms with Crippen molar-refractivity contribution in [2.24, 2.45) is 0 Å². The lowest BCUT2D eigenvalue weighted by molar-refractivity contribution is 0.101. The summed E-state index contributed by atoms with van der Waals surface area (Å²) in [7, 11) is -3.76. The molecule has 0 bridgehead atoms. The van der Waals surface area contributed by atoms with Gasteiger partial charge in [-0.05, 0) is 32.9 Å². The molecule has 6 heteroatoms. The number of ketones is 1. The molecule has 1 N–H and O–H groups in total. The van der Waals surface area contributed by atoms with Gasteiger partial charge >= 0.3 is 0 Å². The summed E-state index contributed by atoms with van der Waals surface area (Å²) in [5.41, 5.74) is -0.744. The van der Waals surface area contributed by atoms with E-state index in [-0.39, 0.29) is 10.7 Å². The second-order valence-electron chi connectivity index (χ2n) is 4.42. The number of hydrogen-bond acceptors (Lipinski definition) is 4. The number of hydrogen-bond donors (Lipinski definition) is 1. The lowest BCUT2D eigenvalue weighted by Gasteiger charge is -2.17. The number of carbonyl (C=O) groups excluding carboxylic acids is 1. The predicted molar refractivity (Wildman–Crippen MR) is 66.5 cm³/mol. The van der Waals surface area contributed by atoms with Gasteiger partial charge in [-0.2, -0.15) is 9.98 Å². The highest BCUT2D eigenvalue weighted by atomic mass is 32.2. The van der Waals surface area contributed by atoms with Crippen LogP contribution in [0, 0.1) is 11.3 Å². The zero-order valence-corrected chi connectivity index (χ0v) is 11.2. The number of benzene rings is 1. The number of Topliss-reactive ketones (excluding diaryl/α,β-unsaturated/α-hetero) is 1. The summed E-state index contributed by atoms with van der Waals surface area (Å²) in [5, 5.41) is 8.80. The van der Waals surface area contributed by atoms with Gasteiger partial charge in [0.15, 0.2) is 5.78 Å². The molecular formula is C12H14N2O3S. The third kappa shape index (κ3) is 3.39. The number of nitrogens with one attached hydrogen (secondary N) is 1. The summed E-state index contributed by atoms with van der Waals surface area (Å²) >= 11 is 0. The maximum Gasteiger partial charge on any atom is 0.241 e. The van der Waals surface area contributed by atoms with E-state index in [1.807, 2.05) is 6.07 Å². The van der Waals surface area contributed by atoms with Crippen LogP contribution in [-0.4, -0.2) is 19.7 Å². The number of rotatable bonds is 4. The molecule has 0 saturated heterocycles. The fourth-order valence-corrected chi connectivity index (χ4v) is 2.62. The normalized spacial score (nSPS) is 11.9. The van der Waals surface area contributed by atoms with Gasteiger partial charge in [0.25, 0.3) is 0 Å². The van der Waals surface area contributed by atoms with E-state index in [1.165, 1.54) is 45.0 Å². The molecule has 0 radical (unpaired) electrons. The number of carbonyl (C=O) groups is 1. The van der Waals surface area contributed by atoms with Crippen LogP contribution in [0.3, 0.4) is 0 Å². The highest BCUT2D eigenvalue weighted by Crippen LogP contribution is 2.14. The Morgan fingerprint density at radius 2 is 1.78 bits per heavy atom. The first-order valence-electron chi connectivity index (χ1n) is 5.24. The van der Waals surface area contributed by atoms with Crippen molar-refractivity contribution in [2.75, 3.05) is 0 Å². The molecule has 0 aliphatic rings. The summed E-state index contributed by atoms with van der Waals surface area (Å²) in [6.07, 6.45) is 0. The average Bonchev–Trinajstić information content (AvgIpc) is 2.28. The molecule has 1 rings (SSSR count). The minimum Gasteiger partial charge on any atom is -0.295 e. The molecule has 5 nitrogen and oxygen atoms in total. The van der Waals surface area contributed by atoms with Crippen LogP contribution in [0.2, 0.25) is 0 Å². The highest BCUT2D eigenvalue weighted by molar-refractivity contribution is 7.89. The Morgan fingerprint density at radius 1 is 1.28 bits per heavy atom. The van der Waals surface area contributed by atoms with Gasteiger partial charge in [0.2, 0.25) is 10.0 Å². The molecule has 0 unspecified atom stereocenters. The van der Waals surface area contributed by atoms with Gasteiger partial charge in [0, 0.05) is 5.56 Å². The van der Waals surface area contributed by atoms with Crippen molar-refractivity contribution in [2.45, 2.75) is 31.2 Å². The van der Waals surface area contributed by atoms with Gasteiger partial charge in [0.1, 0.15) is 5.54 Å². The molecule has 0 saturated carbocycles. The van der Waals surface area contributed by atoms with Crippen molar-refractivity contribution in [3.63, 3.8) is 0 Å². The van der Waals surface area contributed by atoms with Crippen molar-refractivity contribution in [1.82, 2.24) is 4.72 Å². The van der Waals surface area contributed by atoms with Crippen LogP contribution in [0.25, 0.3) is 0 Å². The Labute approximate surface area is 106 Å². The Hall–Kier alpha value is -1.71. The van der Waals surface area contributed by atoms with E-state index in [2.05, 4.69) is 4.72 Å². The first-order valence-corrected chi connectivity index (χ1v) is 6.72. The Kier molecular flexibility index (Phi) is 3.89. The van der Waals surface area contributed by atoms with Crippen molar-refractivity contribution in [3.05, 3.63) is 29.8 Å². The zero-order chi connectivity index (χ0) is 14.0. The number of nitriles is 1. The van der Waals surface area contributed by atoms with Gasteiger partial charge in [-0.1, -0.05) is 12.1 Å². The van der Waals surface area contributed by atoms with E-state index in [0.29, 0.717) is 5.56 Å². The molecule has 18 heavy (non-hydrogen) atoms. The standard InChI is InChI=1S/C12H14N2O3S/c1-9(15)10-4-6-11(7-5-10)18(16,17)14-12(2,3)8-13/h4-7,14H,1-3H3. The van der Waals surface area contributed by atoms with E-state index in [4.69, 9.17) is 5.26 Å². The molecule has 0 spiro atoms. The lowest BCUT2D eigenvalue weighted by Crippen LogP contribution is -2.41. The van der Waals surface area contributed by atoms with Gasteiger partial charge in [-0.25, -0.2) is 8.42 Å². The van der Waals surface area contributed by atoms with E-state index in [1.54, 1.807) is 0 Å². The monoisotopic (exact) mass is 266 g/mol. The molecule has 96 valence electrons. The molecule has 0 heterocycles. The second-order valence-corrected chi connectivity index (χ2v) is 6.11. The minimum absolute atomic E-state index is 0.0239. The third-order valence-corrected chi connectivity index (χ3v) is 3.91. The fourth-order valence-electron chi connectivity index (χ4n) is 1.29. The number of sulfonamides is 1. The fraction of sp³-hybridized carbons (Fsp3) is 0.333. The second kappa shape index (κ2) is 4.88. The average molecular weight is 266 g/mol. The van der Waals surface area contributed by atoms with Gasteiger partial charge in [0.05, 0.1) is 11.0 Å². The first-order chi connectivity index (χ1) is 8.18. The van der Waals surface area contributed by atoms with E-state index in [0.717, 1.165) is 0 Å². The molecule has 1 aromatic carbocycles. The van der Waals surface area contributed by atoms with E-state index >= 15 is 0 Å². The maximum absolute atomic E-state index is 11.9. The molecule has 0 aliphatic heterocycles. The van der Waals surface area contributed by atoms with E-state index < -0.39 is 15.6 Å². The van der Waals surface area contributed by atoms with Crippen molar-refractivity contribution in [3.8, 4) is 6.07 Å². The Morgan fingerprint density at radius 3 is 2.17 bits per heavy atom. The summed E-state index contributed by atoms with van der Waals surface area (Å²) in [4.78, 5) is 11.1. The molecule has 0 amide bonds. The maximum atomic E-state index is 11.9. The molecule has 0 fully saturated rings. The summed E-state index contributed by atoms with van der Waals surface area (Å²) in [6.45, 7) is 4.34. The van der Waals surface area contributed by atoms with Crippen molar-refractivity contribution in [1.29, 1.82) is 5.26 Å². The first kappa shape index (κ1) is 14.4. The lowest BCUT2D eigenvalue weighted by atomic mass is 10.1. The summed E-state index contributed by atoms with van der Waals surface area (Å²) in [5.74, 6) is -0.135. The van der Waals surface area contributed by atoms with Crippen molar-refractivity contribution >= 4 is 15.8 Å². The van der Waals surface area contributed by atoms with Crippen LogP contribution in [0.4, 0.5) is 0 Å². The van der Waals surface area contributed by atoms with Crippen LogP contribution in [0.5, 0.6) is 0 Å². The van der Waals surface area contributed by atoms with E-state index in [9.17, 15) is 13.2 Å². The zero-order valence-electron chi connectivity index (χ0n) is 10.4. The third-order valence-electron chi connectivity index (χ3n) is 2.24. The minimum atomic E-state index is -3.76. The number of nitrogens with zero attached hydrogens (tertiary/aromatic N) is 1. The largest absolute Gasteiger partial charge is 0.295 e. The smallest absolute Gasteiger partial charge is 0.241 e. The van der Waals surface area contributed by atoms with Gasteiger partial charge < -0.3 is 0 Å². The quantitative estimate of drug-likeness (QED) is 0.836. The highest BCUT2D eigenvalue weighted by Gasteiger charge is 2.25. The molecule has 1 aromatic rings. The SMILES string of the molecule is CC(=O)c1ccc(S(=O)(=O)NC(C)(C)C#N)cc1. The van der Waals surface area contributed by atoms with Crippen molar-refractivity contribution < 1.29 is 13.2 Å². The summed E-state index contributed by atoms with van der Waals surface area (Å²) < 4.78 is 26.2. The van der Waals surface area contributed by atoms with Crippen LogP contribution in [0.1, 0.15) is 31.1 Å². The van der Waals surface area contributed by atoms with Crippen LogP contribution in [0.15, 0.2) is 29.2 Å². The Balaban J connectivity index is 3.08. The topological polar surface area (TPSA) is 87.0 Å². The summed E-state index contributed by atoms with van der Waals surface area (Å²) in [6, 6.07) is 7.41. The van der Waals surface area contributed by atoms with Gasteiger partial charge in [-0.15, -0.1) is 0 Å². The molecular weight excluding hydrogens is 252 g/mol.